The lowest BCUT2D eigenvalue weighted by molar-refractivity contribution is 1.62. The van der Waals surface area contributed by atoms with Crippen molar-refractivity contribution in [3.05, 3.63) is 34.3 Å². The van der Waals surface area contributed by atoms with Gasteiger partial charge >= 0.3 is 0 Å². The molecular formula is C7H6BrNS. The van der Waals surface area contributed by atoms with Crippen molar-refractivity contribution in [2.45, 2.75) is 0 Å². The fourth-order valence-electron chi connectivity index (χ4n) is 0.654. The molecule has 1 aromatic carbocycles. The highest BCUT2D eigenvalue weighted by Crippen LogP contribution is 2.09. The van der Waals surface area contributed by atoms with Gasteiger partial charge in [-0.05, 0) is 30.5 Å². The maximum Gasteiger partial charge on any atom is 0.0421 e. The van der Waals surface area contributed by atoms with Crippen LogP contribution >= 0.6 is 28.7 Å². The number of thiol groups is 1. The van der Waals surface area contributed by atoms with Crippen molar-refractivity contribution in [1.82, 2.24) is 0 Å². The van der Waals surface area contributed by atoms with Crippen LogP contribution in [0.15, 0.2) is 33.1 Å². The van der Waals surface area contributed by atoms with Gasteiger partial charge in [0, 0.05) is 10.7 Å². The van der Waals surface area contributed by atoms with E-state index < -0.39 is 0 Å². The molecule has 1 rings (SSSR count). The molecule has 0 N–H and O–H groups in total. The third-order valence-electron chi connectivity index (χ3n) is 1.06. The minimum atomic E-state index is 1.05. The molecule has 0 atom stereocenters. The molecule has 1 aromatic rings. The number of hydrogen-bond donors (Lipinski definition) is 1. The summed E-state index contributed by atoms with van der Waals surface area (Å²) in [6.45, 7) is 0. The predicted molar refractivity (Wildman–Crippen MR) is 50.7 cm³/mol. The van der Waals surface area contributed by atoms with Crippen LogP contribution in [0.1, 0.15) is 5.56 Å². The fourth-order valence-corrected chi connectivity index (χ4v) is 1.20. The number of halogens is 1. The highest BCUT2D eigenvalue weighted by molar-refractivity contribution is 9.10. The van der Waals surface area contributed by atoms with Crippen LogP contribution < -0.4 is 0 Å². The van der Waals surface area contributed by atoms with Gasteiger partial charge in [-0.1, -0.05) is 28.1 Å². The van der Waals surface area contributed by atoms with Crippen molar-refractivity contribution in [2.75, 3.05) is 0 Å². The van der Waals surface area contributed by atoms with E-state index in [0.29, 0.717) is 0 Å². The van der Waals surface area contributed by atoms with E-state index in [4.69, 9.17) is 0 Å². The molecule has 0 bridgehead atoms. The third-order valence-corrected chi connectivity index (χ3v) is 1.66. The molecule has 0 saturated heterocycles. The van der Waals surface area contributed by atoms with E-state index >= 15 is 0 Å². The summed E-state index contributed by atoms with van der Waals surface area (Å²) in [4.78, 5) is 0. The molecule has 0 spiro atoms. The van der Waals surface area contributed by atoms with Gasteiger partial charge in [0.05, 0.1) is 0 Å². The first-order valence-corrected chi connectivity index (χ1v) is 3.95. The summed E-state index contributed by atoms with van der Waals surface area (Å²) in [5, 5.41) is 0. The minimum absolute atomic E-state index is 1.05. The Labute approximate surface area is 73.8 Å². The molecule has 0 aliphatic carbocycles. The van der Waals surface area contributed by atoms with E-state index in [1.165, 1.54) is 0 Å². The molecule has 10 heavy (non-hydrogen) atoms. The lowest BCUT2D eigenvalue weighted by Gasteiger charge is -1.90. The molecule has 0 amide bonds. The van der Waals surface area contributed by atoms with Crippen molar-refractivity contribution >= 4 is 35.0 Å². The fraction of sp³-hybridized carbons (Fsp3) is 0. The van der Waals surface area contributed by atoms with E-state index in [1.807, 2.05) is 24.3 Å². The zero-order chi connectivity index (χ0) is 7.40. The lowest BCUT2D eigenvalue weighted by atomic mass is 10.2. The zero-order valence-corrected chi connectivity index (χ0v) is 7.64. The van der Waals surface area contributed by atoms with E-state index in [0.717, 1.165) is 10.0 Å². The number of hydrogen-bond acceptors (Lipinski definition) is 2. The van der Waals surface area contributed by atoms with Gasteiger partial charge in [0.2, 0.25) is 0 Å². The summed E-state index contributed by atoms with van der Waals surface area (Å²) < 4.78 is 4.65. The second-order valence-corrected chi connectivity index (χ2v) is 2.95. The van der Waals surface area contributed by atoms with Gasteiger partial charge in [-0.2, -0.15) is 0 Å². The predicted octanol–water partition coefficient (Wildman–Crippen LogP) is 2.71. The van der Waals surface area contributed by atoms with Crippen LogP contribution in [0.3, 0.4) is 0 Å². The smallest absolute Gasteiger partial charge is 0.0421 e. The van der Waals surface area contributed by atoms with Crippen molar-refractivity contribution < 1.29 is 0 Å². The topological polar surface area (TPSA) is 12.4 Å². The number of rotatable bonds is 1. The molecule has 0 saturated carbocycles. The quantitative estimate of drug-likeness (QED) is 0.547. The Morgan fingerprint density at radius 1 is 1.50 bits per heavy atom. The molecule has 52 valence electrons. The summed E-state index contributed by atoms with van der Waals surface area (Å²) in [5.41, 5.74) is 1.05. The van der Waals surface area contributed by atoms with Crippen LogP contribution in [-0.2, 0) is 0 Å². The first-order valence-electron chi connectivity index (χ1n) is 2.76. The Balaban J connectivity index is 2.95. The molecule has 0 aliphatic heterocycles. The van der Waals surface area contributed by atoms with Gasteiger partial charge in [0.25, 0.3) is 0 Å². The van der Waals surface area contributed by atoms with E-state index in [2.05, 4.69) is 33.1 Å². The standard InChI is InChI=1S/C7H6BrNS/c8-7-3-1-2-6(4-7)5-9-10/h1-5,10H. The molecule has 0 fully saturated rings. The van der Waals surface area contributed by atoms with Gasteiger partial charge < -0.3 is 0 Å². The Bertz CT molecular complexity index is 247. The van der Waals surface area contributed by atoms with E-state index in [9.17, 15) is 0 Å². The second-order valence-electron chi connectivity index (χ2n) is 1.80. The largest absolute Gasteiger partial charge is 0.227 e. The summed E-state index contributed by atoms with van der Waals surface area (Å²) in [7, 11) is 0. The molecular weight excluding hydrogens is 210 g/mol. The van der Waals surface area contributed by atoms with Crippen LogP contribution in [0.5, 0.6) is 0 Å². The molecule has 0 radical (unpaired) electrons. The third kappa shape index (κ3) is 2.15. The summed E-state index contributed by atoms with van der Waals surface area (Å²) in [6.07, 6.45) is 1.69. The Hall–Kier alpha value is -0.280. The summed E-state index contributed by atoms with van der Waals surface area (Å²) >= 11 is 7.07. The van der Waals surface area contributed by atoms with Gasteiger partial charge in [-0.15, -0.1) is 0 Å². The average Bonchev–Trinajstić information content (AvgIpc) is 1.88. The highest BCUT2D eigenvalue weighted by atomic mass is 79.9. The molecule has 0 aromatic heterocycles. The monoisotopic (exact) mass is 215 g/mol. The van der Waals surface area contributed by atoms with E-state index in [-0.39, 0.29) is 0 Å². The van der Waals surface area contributed by atoms with Gasteiger partial charge in [-0.25, -0.2) is 4.40 Å². The summed E-state index contributed by atoms with van der Waals surface area (Å²) in [6, 6.07) is 7.86. The van der Waals surface area contributed by atoms with Gasteiger partial charge in [0.15, 0.2) is 0 Å². The lowest BCUT2D eigenvalue weighted by Crippen LogP contribution is -1.76. The minimum Gasteiger partial charge on any atom is -0.227 e. The SMILES string of the molecule is SN=Cc1cccc(Br)c1. The second kappa shape index (κ2) is 3.78. The first kappa shape index (κ1) is 7.82. The van der Waals surface area contributed by atoms with Crippen LogP contribution in [0, 0.1) is 0 Å². The zero-order valence-electron chi connectivity index (χ0n) is 5.16. The maximum absolute atomic E-state index is 3.72. The Morgan fingerprint density at radius 3 is 2.90 bits per heavy atom. The Morgan fingerprint density at radius 2 is 2.30 bits per heavy atom. The molecule has 0 unspecified atom stereocenters. The van der Waals surface area contributed by atoms with Crippen LogP contribution in [-0.4, -0.2) is 6.21 Å². The first-order chi connectivity index (χ1) is 4.83. The van der Waals surface area contributed by atoms with Crippen LogP contribution in [0.4, 0.5) is 0 Å². The molecule has 3 heteroatoms. The maximum atomic E-state index is 3.72. The van der Waals surface area contributed by atoms with Crippen LogP contribution in [0.2, 0.25) is 0 Å². The average molecular weight is 216 g/mol. The van der Waals surface area contributed by atoms with Gasteiger partial charge in [-0.3, -0.25) is 0 Å². The van der Waals surface area contributed by atoms with Crippen LogP contribution in [0.25, 0.3) is 0 Å². The van der Waals surface area contributed by atoms with Crippen molar-refractivity contribution in [3.63, 3.8) is 0 Å². The molecule has 0 heterocycles. The number of nitrogens with zero attached hydrogens (tertiary/aromatic N) is 1. The van der Waals surface area contributed by atoms with E-state index in [1.54, 1.807) is 6.21 Å². The Kier molecular flexibility index (Phi) is 2.96. The molecule has 0 aliphatic rings. The number of benzene rings is 1. The van der Waals surface area contributed by atoms with Crippen molar-refractivity contribution in [1.29, 1.82) is 0 Å². The highest BCUT2D eigenvalue weighted by Gasteiger charge is 1.86. The van der Waals surface area contributed by atoms with Crippen molar-refractivity contribution in [3.8, 4) is 0 Å². The van der Waals surface area contributed by atoms with Gasteiger partial charge in [0.1, 0.15) is 0 Å². The molecule has 1 nitrogen and oxygen atoms in total. The van der Waals surface area contributed by atoms with Crippen molar-refractivity contribution in [2.24, 2.45) is 4.40 Å². The summed E-state index contributed by atoms with van der Waals surface area (Å²) in [5.74, 6) is 0. The normalized spacial score (nSPS) is 10.6.